The predicted molar refractivity (Wildman–Crippen MR) is 125 cm³/mol. The van der Waals surface area contributed by atoms with Gasteiger partial charge in [-0.25, -0.2) is 23.7 Å². The Morgan fingerprint density at radius 3 is 1.70 bits per heavy atom. The highest BCUT2D eigenvalue weighted by Crippen LogP contribution is 2.34. The Balaban J connectivity index is 1.77. The van der Waals surface area contributed by atoms with Crippen LogP contribution in [0.1, 0.15) is 49.2 Å². The fraction of sp³-hybridized carbons (Fsp3) is 0.148. The zero-order valence-corrected chi connectivity index (χ0v) is 18.4. The highest BCUT2D eigenvalue weighted by molar-refractivity contribution is 6.30. The van der Waals surface area contributed by atoms with Crippen LogP contribution in [0.2, 0.25) is 0 Å². The first-order valence-electron chi connectivity index (χ1n) is 10.6. The minimum atomic E-state index is -0.342. The topological polar surface area (TPSA) is 50.8 Å². The summed E-state index contributed by atoms with van der Waals surface area (Å²) in [5.74, 6) is 0.406. The van der Waals surface area contributed by atoms with E-state index in [9.17, 15) is 8.78 Å². The van der Waals surface area contributed by atoms with Gasteiger partial charge in [0.1, 0.15) is 28.8 Å². The number of oxazole rings is 1. The van der Waals surface area contributed by atoms with Crippen molar-refractivity contribution in [2.45, 2.75) is 26.2 Å². The van der Waals surface area contributed by atoms with Crippen LogP contribution in [-0.4, -0.2) is 16.4 Å². The van der Waals surface area contributed by atoms with Crippen molar-refractivity contribution >= 4 is 22.8 Å². The summed E-state index contributed by atoms with van der Waals surface area (Å²) < 4.78 is 33.2. The van der Waals surface area contributed by atoms with Gasteiger partial charge in [0.15, 0.2) is 5.76 Å². The summed E-state index contributed by atoms with van der Waals surface area (Å²) in [7, 11) is 0. The summed E-state index contributed by atoms with van der Waals surface area (Å²) >= 11 is 0. The van der Waals surface area contributed by atoms with Gasteiger partial charge in [0, 0.05) is 16.5 Å². The second-order valence-electron chi connectivity index (χ2n) is 8.87. The van der Waals surface area contributed by atoms with E-state index in [1.165, 1.54) is 24.3 Å². The molecule has 4 nitrogen and oxygen atoms in total. The van der Waals surface area contributed by atoms with E-state index in [0.29, 0.717) is 40.1 Å². The minimum Gasteiger partial charge on any atom is -0.438 e. The largest absolute Gasteiger partial charge is 0.438 e. The standard InChI is InChI=1S/C27H21F2N3O/c1-27(2,3)26-32-24-22(30-18-12-8-16(28)9-13-18)20-6-4-5-7-21(20)23(25(24)33-26)31-19-14-10-17(29)11-15-19/h4-15H,1-3H3. The van der Waals surface area contributed by atoms with E-state index in [1.54, 1.807) is 24.3 Å². The van der Waals surface area contributed by atoms with Crippen molar-refractivity contribution in [3.63, 3.8) is 0 Å². The number of halogens is 2. The number of aliphatic imine (C=N–C) groups is 2. The number of rotatable bonds is 2. The van der Waals surface area contributed by atoms with Crippen LogP contribution >= 0.6 is 0 Å². The van der Waals surface area contributed by atoms with Crippen LogP contribution in [0.15, 0.2) is 87.2 Å². The molecular formula is C27H21F2N3O. The van der Waals surface area contributed by atoms with Crippen LogP contribution in [0.5, 0.6) is 0 Å². The smallest absolute Gasteiger partial charge is 0.201 e. The molecule has 0 radical (unpaired) electrons. The zero-order chi connectivity index (χ0) is 23.2. The van der Waals surface area contributed by atoms with Crippen molar-refractivity contribution in [2.75, 3.05) is 0 Å². The van der Waals surface area contributed by atoms with Gasteiger partial charge in [-0.2, -0.15) is 0 Å². The lowest BCUT2D eigenvalue weighted by molar-refractivity contribution is 0.389. The maximum Gasteiger partial charge on any atom is 0.201 e. The van der Waals surface area contributed by atoms with Crippen molar-refractivity contribution in [3.05, 3.63) is 113 Å². The van der Waals surface area contributed by atoms with Crippen LogP contribution in [0.3, 0.4) is 0 Å². The molecule has 0 amide bonds. The number of nitrogens with zero attached hydrogens (tertiary/aromatic N) is 3. The Morgan fingerprint density at radius 2 is 1.18 bits per heavy atom. The van der Waals surface area contributed by atoms with Gasteiger partial charge in [-0.15, -0.1) is 0 Å². The first-order chi connectivity index (χ1) is 15.8. The molecule has 1 aromatic heterocycles. The van der Waals surface area contributed by atoms with E-state index in [0.717, 1.165) is 11.1 Å². The molecule has 0 unspecified atom stereocenters. The Morgan fingerprint density at radius 1 is 0.697 bits per heavy atom. The van der Waals surface area contributed by atoms with E-state index in [4.69, 9.17) is 19.4 Å². The van der Waals surface area contributed by atoms with Gasteiger partial charge in [0.2, 0.25) is 5.89 Å². The molecule has 5 rings (SSSR count). The lowest BCUT2D eigenvalue weighted by Gasteiger charge is -2.18. The molecule has 0 saturated heterocycles. The summed E-state index contributed by atoms with van der Waals surface area (Å²) in [6.45, 7) is 6.06. The number of benzene rings is 3. The third kappa shape index (κ3) is 4.00. The Kier molecular flexibility index (Phi) is 5.01. The molecule has 1 heterocycles. The molecule has 1 aliphatic carbocycles. The highest BCUT2D eigenvalue weighted by Gasteiger charge is 2.34. The van der Waals surface area contributed by atoms with E-state index < -0.39 is 0 Å². The number of fused-ring (bicyclic) bond motifs is 2. The third-order valence-corrected chi connectivity index (χ3v) is 5.28. The molecule has 0 fully saturated rings. The maximum absolute atomic E-state index is 13.4. The lowest BCUT2D eigenvalue weighted by atomic mass is 9.89. The number of aromatic nitrogens is 1. The SMILES string of the molecule is CC(C)(C)c1nc2c(o1)C(=Nc1ccc(F)cc1)c1ccccc1C2=Nc1ccc(F)cc1. The van der Waals surface area contributed by atoms with Crippen LogP contribution in [0.25, 0.3) is 0 Å². The second-order valence-corrected chi connectivity index (χ2v) is 8.87. The van der Waals surface area contributed by atoms with Gasteiger partial charge in [-0.05, 0) is 48.5 Å². The van der Waals surface area contributed by atoms with Gasteiger partial charge < -0.3 is 4.42 Å². The molecule has 3 aromatic carbocycles. The van der Waals surface area contributed by atoms with Crippen molar-refractivity contribution in [3.8, 4) is 0 Å². The normalized spacial score (nSPS) is 15.5. The summed E-state index contributed by atoms with van der Waals surface area (Å²) in [6.07, 6.45) is 0. The minimum absolute atomic E-state index is 0.325. The summed E-state index contributed by atoms with van der Waals surface area (Å²) in [6, 6.07) is 19.7. The van der Waals surface area contributed by atoms with Crippen molar-refractivity contribution in [1.82, 2.24) is 4.98 Å². The summed E-state index contributed by atoms with van der Waals surface area (Å²) in [4.78, 5) is 14.4. The first-order valence-corrected chi connectivity index (χ1v) is 10.6. The second kappa shape index (κ2) is 7.89. The summed E-state index contributed by atoms with van der Waals surface area (Å²) in [5, 5.41) is 0. The molecule has 6 heteroatoms. The lowest BCUT2D eigenvalue weighted by Crippen LogP contribution is -2.21. The third-order valence-electron chi connectivity index (χ3n) is 5.28. The van der Waals surface area contributed by atoms with Crippen LogP contribution in [0.4, 0.5) is 20.2 Å². The molecule has 1 aliphatic rings. The molecule has 0 spiro atoms. The number of hydrogen-bond acceptors (Lipinski definition) is 4. The van der Waals surface area contributed by atoms with E-state index >= 15 is 0 Å². The Bertz CT molecular complexity index is 1290. The zero-order valence-electron chi connectivity index (χ0n) is 18.4. The Hall–Kier alpha value is -3.93. The average Bonchev–Trinajstić information content (AvgIpc) is 3.25. The van der Waals surface area contributed by atoms with Crippen LogP contribution in [-0.2, 0) is 5.41 Å². The van der Waals surface area contributed by atoms with Gasteiger partial charge in [-0.3, -0.25) is 0 Å². The first kappa shape index (κ1) is 20.9. The predicted octanol–water partition coefficient (Wildman–Crippen LogP) is 6.90. The molecule has 0 atom stereocenters. The van der Waals surface area contributed by atoms with Crippen molar-refractivity contribution in [2.24, 2.45) is 9.98 Å². The molecule has 33 heavy (non-hydrogen) atoms. The van der Waals surface area contributed by atoms with Crippen molar-refractivity contribution in [1.29, 1.82) is 0 Å². The monoisotopic (exact) mass is 441 g/mol. The molecule has 0 bridgehead atoms. The van der Waals surface area contributed by atoms with E-state index in [1.807, 2.05) is 45.0 Å². The van der Waals surface area contributed by atoms with Gasteiger partial charge in [-0.1, -0.05) is 45.0 Å². The molecular weight excluding hydrogens is 420 g/mol. The average molecular weight is 441 g/mol. The molecule has 0 N–H and O–H groups in total. The molecule has 164 valence electrons. The van der Waals surface area contributed by atoms with Gasteiger partial charge >= 0.3 is 0 Å². The van der Waals surface area contributed by atoms with E-state index in [-0.39, 0.29) is 17.0 Å². The van der Waals surface area contributed by atoms with Crippen LogP contribution in [0, 0.1) is 11.6 Å². The molecule has 0 aliphatic heterocycles. The van der Waals surface area contributed by atoms with Crippen molar-refractivity contribution < 1.29 is 13.2 Å². The maximum atomic E-state index is 13.4. The fourth-order valence-electron chi connectivity index (χ4n) is 3.62. The highest BCUT2D eigenvalue weighted by atomic mass is 19.1. The Labute approximate surface area is 190 Å². The van der Waals surface area contributed by atoms with E-state index in [2.05, 4.69) is 0 Å². The fourth-order valence-corrected chi connectivity index (χ4v) is 3.62. The van der Waals surface area contributed by atoms with Gasteiger partial charge in [0.05, 0.1) is 11.4 Å². The van der Waals surface area contributed by atoms with Crippen LogP contribution < -0.4 is 0 Å². The quantitative estimate of drug-likeness (QED) is 0.299. The van der Waals surface area contributed by atoms with Gasteiger partial charge in [0.25, 0.3) is 0 Å². The molecule has 4 aromatic rings. The molecule has 0 saturated carbocycles. The summed E-state index contributed by atoms with van der Waals surface area (Å²) in [5.41, 5.74) is 4.33. The number of hydrogen-bond donors (Lipinski definition) is 0.